The maximum absolute atomic E-state index is 12.1. The van der Waals surface area contributed by atoms with Gasteiger partial charge in [0.2, 0.25) is 5.91 Å². The van der Waals surface area contributed by atoms with Gasteiger partial charge in [0, 0.05) is 12.5 Å². The third-order valence-electron chi connectivity index (χ3n) is 4.69. The van der Waals surface area contributed by atoms with Gasteiger partial charge in [-0.3, -0.25) is 4.79 Å². The molecule has 0 aromatic heterocycles. The van der Waals surface area contributed by atoms with Crippen molar-refractivity contribution in [1.29, 1.82) is 0 Å². The molecule has 102 valence electrons. The lowest BCUT2D eigenvalue weighted by atomic mass is 9.92. The number of hydrogen-bond acceptors (Lipinski definition) is 2. The van der Waals surface area contributed by atoms with Crippen molar-refractivity contribution in [3.05, 3.63) is 12.2 Å². The highest BCUT2D eigenvalue weighted by atomic mass is 16.3. The Morgan fingerprint density at radius 2 is 2.06 bits per heavy atom. The van der Waals surface area contributed by atoms with Gasteiger partial charge in [-0.1, -0.05) is 38.8 Å². The Balaban J connectivity index is 1.77. The number of aliphatic hydroxyl groups excluding tert-OH is 1. The number of fused-ring (bicyclic) bond motifs is 2. The predicted octanol–water partition coefficient (Wildman–Crippen LogP) is 2.11. The largest absolute Gasteiger partial charge is 0.391 e. The number of amides is 1. The SMILES string of the molecule is CCC(CC)C(O)CNC(=O)C1CC2C=CC1C2. The molecule has 1 fully saturated rings. The lowest BCUT2D eigenvalue weighted by Crippen LogP contribution is -2.40. The summed E-state index contributed by atoms with van der Waals surface area (Å²) in [6.07, 6.45) is 8.09. The molecule has 0 heterocycles. The van der Waals surface area contributed by atoms with Gasteiger partial charge in [-0.05, 0) is 30.6 Å². The summed E-state index contributed by atoms with van der Waals surface area (Å²) >= 11 is 0. The summed E-state index contributed by atoms with van der Waals surface area (Å²) in [6.45, 7) is 4.57. The van der Waals surface area contributed by atoms with Crippen LogP contribution in [0.5, 0.6) is 0 Å². The zero-order valence-electron chi connectivity index (χ0n) is 11.4. The lowest BCUT2D eigenvalue weighted by Gasteiger charge is -2.23. The quantitative estimate of drug-likeness (QED) is 0.710. The van der Waals surface area contributed by atoms with Crippen LogP contribution < -0.4 is 5.32 Å². The van der Waals surface area contributed by atoms with Gasteiger partial charge in [0.25, 0.3) is 0 Å². The van der Waals surface area contributed by atoms with E-state index >= 15 is 0 Å². The highest BCUT2D eigenvalue weighted by Crippen LogP contribution is 2.43. The van der Waals surface area contributed by atoms with Crippen molar-refractivity contribution in [1.82, 2.24) is 5.32 Å². The molecule has 0 aliphatic heterocycles. The van der Waals surface area contributed by atoms with Gasteiger partial charge in [0.15, 0.2) is 0 Å². The molecule has 1 saturated carbocycles. The van der Waals surface area contributed by atoms with E-state index in [1.807, 2.05) is 0 Å². The van der Waals surface area contributed by atoms with Gasteiger partial charge in [-0.15, -0.1) is 0 Å². The number of hydrogen-bond donors (Lipinski definition) is 2. The van der Waals surface area contributed by atoms with Crippen molar-refractivity contribution in [2.24, 2.45) is 23.7 Å². The highest BCUT2D eigenvalue weighted by Gasteiger charge is 2.39. The van der Waals surface area contributed by atoms with E-state index in [4.69, 9.17) is 0 Å². The van der Waals surface area contributed by atoms with Crippen LogP contribution in [-0.2, 0) is 4.79 Å². The normalized spacial score (nSPS) is 31.0. The van der Waals surface area contributed by atoms with Crippen LogP contribution in [0, 0.1) is 23.7 Å². The Bertz CT molecular complexity index is 322. The first-order valence-corrected chi connectivity index (χ1v) is 7.29. The molecular weight excluding hydrogens is 226 g/mol. The number of carbonyl (C=O) groups excluding carboxylic acids is 1. The molecule has 2 N–H and O–H groups in total. The number of nitrogens with one attached hydrogen (secondary N) is 1. The molecule has 2 aliphatic carbocycles. The summed E-state index contributed by atoms with van der Waals surface area (Å²) in [7, 11) is 0. The first kappa shape index (κ1) is 13.6. The van der Waals surface area contributed by atoms with Crippen LogP contribution in [0.1, 0.15) is 39.5 Å². The fourth-order valence-electron chi connectivity index (χ4n) is 3.42. The first-order valence-electron chi connectivity index (χ1n) is 7.29. The Morgan fingerprint density at radius 3 is 2.56 bits per heavy atom. The molecular formula is C15H25NO2. The van der Waals surface area contributed by atoms with Crippen LogP contribution in [0.3, 0.4) is 0 Å². The summed E-state index contributed by atoms with van der Waals surface area (Å²) in [6, 6.07) is 0. The third-order valence-corrected chi connectivity index (χ3v) is 4.69. The fourth-order valence-corrected chi connectivity index (χ4v) is 3.42. The molecule has 3 nitrogen and oxygen atoms in total. The molecule has 0 radical (unpaired) electrons. The smallest absolute Gasteiger partial charge is 0.223 e. The average Bonchev–Trinajstić information content (AvgIpc) is 2.99. The van der Waals surface area contributed by atoms with E-state index in [2.05, 4.69) is 31.3 Å². The van der Waals surface area contributed by atoms with E-state index in [9.17, 15) is 9.90 Å². The molecule has 0 saturated heterocycles. The molecule has 4 atom stereocenters. The van der Waals surface area contributed by atoms with E-state index in [-0.39, 0.29) is 11.8 Å². The first-order chi connectivity index (χ1) is 8.65. The van der Waals surface area contributed by atoms with E-state index in [0.29, 0.717) is 24.3 Å². The maximum atomic E-state index is 12.1. The van der Waals surface area contributed by atoms with Crippen molar-refractivity contribution in [3.8, 4) is 0 Å². The highest BCUT2D eigenvalue weighted by molar-refractivity contribution is 5.80. The molecule has 2 rings (SSSR count). The minimum atomic E-state index is -0.405. The van der Waals surface area contributed by atoms with E-state index in [1.165, 1.54) is 0 Å². The summed E-state index contributed by atoms with van der Waals surface area (Å²) in [4.78, 5) is 12.1. The van der Waals surface area contributed by atoms with Crippen LogP contribution in [0.25, 0.3) is 0 Å². The van der Waals surface area contributed by atoms with Crippen LogP contribution in [-0.4, -0.2) is 23.7 Å². The maximum Gasteiger partial charge on any atom is 0.223 e. The molecule has 0 aromatic rings. The van der Waals surface area contributed by atoms with Crippen LogP contribution in [0.4, 0.5) is 0 Å². The minimum Gasteiger partial charge on any atom is -0.391 e. The number of allylic oxidation sites excluding steroid dienone is 2. The second-order valence-corrected chi connectivity index (χ2v) is 5.78. The summed E-state index contributed by atoms with van der Waals surface area (Å²) < 4.78 is 0. The van der Waals surface area contributed by atoms with Crippen LogP contribution in [0.15, 0.2) is 12.2 Å². The van der Waals surface area contributed by atoms with Gasteiger partial charge < -0.3 is 10.4 Å². The van der Waals surface area contributed by atoms with Crippen molar-refractivity contribution < 1.29 is 9.90 Å². The van der Waals surface area contributed by atoms with Gasteiger partial charge in [0.05, 0.1) is 6.10 Å². The molecule has 0 spiro atoms. The molecule has 1 amide bonds. The van der Waals surface area contributed by atoms with Crippen LogP contribution >= 0.6 is 0 Å². The molecule has 2 bridgehead atoms. The van der Waals surface area contributed by atoms with Crippen molar-refractivity contribution in [3.63, 3.8) is 0 Å². The molecule has 2 aliphatic rings. The average molecular weight is 251 g/mol. The second-order valence-electron chi connectivity index (χ2n) is 5.78. The van der Waals surface area contributed by atoms with Crippen LogP contribution in [0.2, 0.25) is 0 Å². The Morgan fingerprint density at radius 1 is 1.33 bits per heavy atom. The van der Waals surface area contributed by atoms with Gasteiger partial charge in [-0.2, -0.15) is 0 Å². The van der Waals surface area contributed by atoms with E-state index in [0.717, 1.165) is 25.7 Å². The summed E-state index contributed by atoms with van der Waals surface area (Å²) in [5, 5.41) is 12.9. The Hall–Kier alpha value is -0.830. The lowest BCUT2D eigenvalue weighted by molar-refractivity contribution is -0.126. The molecule has 3 heteroatoms. The number of rotatable bonds is 6. The zero-order valence-corrected chi connectivity index (χ0v) is 11.4. The number of carbonyl (C=O) groups is 1. The predicted molar refractivity (Wildman–Crippen MR) is 71.9 cm³/mol. The van der Waals surface area contributed by atoms with Crippen molar-refractivity contribution in [2.75, 3.05) is 6.54 Å². The fraction of sp³-hybridized carbons (Fsp3) is 0.800. The van der Waals surface area contributed by atoms with E-state index < -0.39 is 6.10 Å². The topological polar surface area (TPSA) is 49.3 Å². The molecule has 18 heavy (non-hydrogen) atoms. The van der Waals surface area contributed by atoms with Gasteiger partial charge in [-0.25, -0.2) is 0 Å². The molecule has 0 aromatic carbocycles. The van der Waals surface area contributed by atoms with Gasteiger partial charge >= 0.3 is 0 Å². The Labute approximate surface area is 110 Å². The monoisotopic (exact) mass is 251 g/mol. The third kappa shape index (κ3) is 2.77. The zero-order chi connectivity index (χ0) is 13.1. The van der Waals surface area contributed by atoms with Crippen molar-refractivity contribution >= 4 is 5.91 Å². The van der Waals surface area contributed by atoms with E-state index in [1.54, 1.807) is 0 Å². The second kappa shape index (κ2) is 5.87. The number of aliphatic hydroxyl groups is 1. The standard InChI is InChI=1S/C15H25NO2/c1-3-11(4-2)14(17)9-16-15(18)13-8-10-5-6-12(13)7-10/h5-6,10-14,17H,3-4,7-9H2,1-2H3,(H,16,18). The Kier molecular flexibility index (Phi) is 4.44. The van der Waals surface area contributed by atoms with Crippen molar-refractivity contribution in [2.45, 2.75) is 45.6 Å². The minimum absolute atomic E-state index is 0.136. The molecule has 4 unspecified atom stereocenters. The van der Waals surface area contributed by atoms with Gasteiger partial charge in [0.1, 0.15) is 0 Å². The summed E-state index contributed by atoms with van der Waals surface area (Å²) in [5.74, 6) is 1.64. The summed E-state index contributed by atoms with van der Waals surface area (Å²) in [5.41, 5.74) is 0.